The van der Waals surface area contributed by atoms with Crippen LogP contribution in [-0.4, -0.2) is 85.4 Å². The lowest BCUT2D eigenvalue weighted by atomic mass is 10.0. The zero-order valence-corrected chi connectivity index (χ0v) is 16.6. The Bertz CT molecular complexity index is 854. The van der Waals surface area contributed by atoms with Crippen molar-refractivity contribution in [2.45, 2.75) is 6.17 Å². The van der Waals surface area contributed by atoms with E-state index in [1.54, 1.807) is 48.4 Å². The van der Waals surface area contributed by atoms with E-state index in [4.69, 9.17) is 4.74 Å². The molecular formula is C20H24N4O5. The molecule has 2 unspecified atom stereocenters. The summed E-state index contributed by atoms with van der Waals surface area (Å²) in [6.07, 6.45) is 0.955. The Labute approximate surface area is 168 Å². The monoisotopic (exact) mass is 400 g/mol. The van der Waals surface area contributed by atoms with Crippen LogP contribution in [0.3, 0.4) is 0 Å². The molecule has 154 valence electrons. The van der Waals surface area contributed by atoms with Gasteiger partial charge in [0.25, 0.3) is 5.91 Å². The number of urea groups is 1. The maximum Gasteiger partial charge on any atom is 0.327 e. The SMILES string of the molecule is COCCN1C(C(=O)NCC(=O)c2ccccc2)=CC2C(=O)N(C)C(=O)N(C)C21. The number of ether oxygens (including phenoxy) is 1. The van der Waals surface area contributed by atoms with Crippen LogP contribution in [0.15, 0.2) is 42.1 Å². The summed E-state index contributed by atoms with van der Waals surface area (Å²) in [6, 6.07) is 8.23. The third-order valence-electron chi connectivity index (χ3n) is 5.16. The van der Waals surface area contributed by atoms with Crippen LogP contribution in [0.25, 0.3) is 0 Å². The summed E-state index contributed by atoms with van der Waals surface area (Å²) in [5.74, 6) is -1.73. The predicted octanol–water partition coefficient (Wildman–Crippen LogP) is 0.298. The van der Waals surface area contributed by atoms with Gasteiger partial charge in [-0.1, -0.05) is 30.3 Å². The molecule has 1 N–H and O–H groups in total. The molecule has 2 atom stereocenters. The van der Waals surface area contributed by atoms with Crippen LogP contribution in [0, 0.1) is 5.92 Å². The van der Waals surface area contributed by atoms with Crippen molar-refractivity contribution in [3.8, 4) is 0 Å². The zero-order chi connectivity index (χ0) is 21.1. The van der Waals surface area contributed by atoms with Crippen molar-refractivity contribution < 1.29 is 23.9 Å². The number of nitrogens with one attached hydrogen (secondary N) is 1. The number of hydrogen-bond donors (Lipinski definition) is 1. The molecule has 0 saturated carbocycles. The first kappa shape index (κ1) is 20.5. The summed E-state index contributed by atoms with van der Waals surface area (Å²) in [5, 5.41) is 2.62. The molecule has 2 aliphatic rings. The predicted molar refractivity (Wildman–Crippen MR) is 104 cm³/mol. The van der Waals surface area contributed by atoms with Gasteiger partial charge in [0, 0.05) is 33.3 Å². The Hall–Kier alpha value is -3.20. The molecule has 29 heavy (non-hydrogen) atoms. The number of ketones is 1. The van der Waals surface area contributed by atoms with E-state index in [0.29, 0.717) is 18.7 Å². The molecule has 2 heterocycles. The molecule has 1 saturated heterocycles. The molecule has 0 bridgehead atoms. The van der Waals surface area contributed by atoms with Gasteiger partial charge in [-0.15, -0.1) is 0 Å². The minimum atomic E-state index is -0.662. The Morgan fingerprint density at radius 2 is 1.83 bits per heavy atom. The van der Waals surface area contributed by atoms with Crippen LogP contribution in [0.5, 0.6) is 0 Å². The highest BCUT2D eigenvalue weighted by molar-refractivity contribution is 6.04. The number of rotatable bonds is 7. The van der Waals surface area contributed by atoms with E-state index in [2.05, 4.69) is 5.32 Å². The van der Waals surface area contributed by atoms with Gasteiger partial charge in [0.05, 0.1) is 19.1 Å². The fourth-order valence-electron chi connectivity index (χ4n) is 3.63. The number of nitrogens with zero attached hydrogens (tertiary/aromatic N) is 3. The molecule has 1 aromatic carbocycles. The molecule has 9 heteroatoms. The summed E-state index contributed by atoms with van der Waals surface area (Å²) < 4.78 is 5.12. The largest absolute Gasteiger partial charge is 0.383 e. The van der Waals surface area contributed by atoms with Crippen LogP contribution < -0.4 is 5.32 Å². The van der Waals surface area contributed by atoms with E-state index >= 15 is 0 Å². The smallest absolute Gasteiger partial charge is 0.327 e. The summed E-state index contributed by atoms with van der Waals surface area (Å²) >= 11 is 0. The fourth-order valence-corrected chi connectivity index (χ4v) is 3.63. The Morgan fingerprint density at radius 1 is 1.14 bits per heavy atom. The minimum Gasteiger partial charge on any atom is -0.383 e. The van der Waals surface area contributed by atoms with E-state index in [0.717, 1.165) is 4.90 Å². The van der Waals surface area contributed by atoms with Gasteiger partial charge < -0.3 is 19.9 Å². The first-order valence-corrected chi connectivity index (χ1v) is 9.25. The zero-order valence-electron chi connectivity index (χ0n) is 16.6. The topological polar surface area (TPSA) is 99.3 Å². The number of amides is 4. The van der Waals surface area contributed by atoms with Gasteiger partial charge in [-0.05, 0) is 6.08 Å². The van der Waals surface area contributed by atoms with Crippen molar-refractivity contribution in [1.29, 1.82) is 0 Å². The first-order chi connectivity index (χ1) is 13.9. The van der Waals surface area contributed by atoms with Crippen LogP contribution in [0.2, 0.25) is 0 Å². The van der Waals surface area contributed by atoms with Crippen molar-refractivity contribution in [2.24, 2.45) is 5.92 Å². The number of imide groups is 1. The third kappa shape index (κ3) is 3.86. The fraction of sp³-hybridized carbons (Fsp3) is 0.400. The van der Waals surface area contributed by atoms with Crippen molar-refractivity contribution in [2.75, 3.05) is 40.9 Å². The minimum absolute atomic E-state index is 0.170. The van der Waals surface area contributed by atoms with Gasteiger partial charge in [-0.25, -0.2) is 4.79 Å². The molecule has 1 fully saturated rings. The maximum atomic E-state index is 12.8. The lowest BCUT2D eigenvalue weighted by molar-refractivity contribution is -0.137. The molecule has 3 rings (SSSR count). The molecule has 0 radical (unpaired) electrons. The molecule has 1 aromatic rings. The van der Waals surface area contributed by atoms with Gasteiger partial charge in [-0.2, -0.15) is 0 Å². The van der Waals surface area contributed by atoms with Crippen molar-refractivity contribution >= 4 is 23.6 Å². The van der Waals surface area contributed by atoms with Crippen LogP contribution in [0.1, 0.15) is 10.4 Å². The van der Waals surface area contributed by atoms with Crippen LogP contribution in [-0.2, 0) is 14.3 Å². The number of carbonyl (C=O) groups excluding carboxylic acids is 4. The van der Waals surface area contributed by atoms with Gasteiger partial charge in [0.1, 0.15) is 11.9 Å². The van der Waals surface area contributed by atoms with Gasteiger partial charge in [0.15, 0.2) is 5.78 Å². The van der Waals surface area contributed by atoms with Crippen molar-refractivity contribution in [3.63, 3.8) is 0 Å². The number of benzene rings is 1. The lowest BCUT2D eigenvalue weighted by Crippen LogP contribution is -2.62. The van der Waals surface area contributed by atoms with E-state index in [1.807, 2.05) is 0 Å². The number of Topliss-reactive ketones (excluding diaryl/α,β-unsaturated/α-hetero) is 1. The maximum absolute atomic E-state index is 12.8. The standard InChI is InChI=1S/C20H24N4O5/c1-22-18-14(19(27)23(2)20(22)28)11-15(24(18)9-10-29-3)17(26)21-12-16(25)13-7-5-4-6-8-13/h4-8,11,14,18H,9-10,12H2,1-3H3,(H,21,26). The van der Waals surface area contributed by atoms with Crippen molar-refractivity contribution in [3.05, 3.63) is 47.7 Å². The van der Waals surface area contributed by atoms with E-state index in [1.165, 1.54) is 19.1 Å². The van der Waals surface area contributed by atoms with E-state index < -0.39 is 24.0 Å². The van der Waals surface area contributed by atoms with Gasteiger partial charge in [0.2, 0.25) is 5.91 Å². The second-order valence-corrected chi connectivity index (χ2v) is 6.94. The van der Waals surface area contributed by atoms with Crippen LogP contribution >= 0.6 is 0 Å². The molecule has 2 aliphatic heterocycles. The summed E-state index contributed by atoms with van der Waals surface area (Å²) in [4.78, 5) is 54.2. The summed E-state index contributed by atoms with van der Waals surface area (Å²) in [7, 11) is 4.54. The highest BCUT2D eigenvalue weighted by Crippen LogP contribution is 2.34. The average Bonchev–Trinajstić information content (AvgIpc) is 3.13. The van der Waals surface area contributed by atoms with Gasteiger partial charge >= 0.3 is 6.03 Å². The normalized spacial score (nSPS) is 21.2. The lowest BCUT2D eigenvalue weighted by Gasteiger charge is -2.43. The number of hydrogen-bond acceptors (Lipinski definition) is 6. The Kier molecular flexibility index (Phi) is 5.97. The molecule has 4 amide bonds. The number of carbonyl (C=O) groups is 4. The second-order valence-electron chi connectivity index (χ2n) is 6.94. The third-order valence-corrected chi connectivity index (χ3v) is 5.16. The Balaban J connectivity index is 1.78. The molecular weight excluding hydrogens is 376 g/mol. The second kappa shape index (κ2) is 8.44. The van der Waals surface area contributed by atoms with E-state index in [-0.39, 0.29) is 23.9 Å². The summed E-state index contributed by atoms with van der Waals surface area (Å²) in [6.45, 7) is 0.456. The molecule has 9 nitrogen and oxygen atoms in total. The quantitative estimate of drug-likeness (QED) is 0.661. The van der Waals surface area contributed by atoms with Gasteiger partial charge in [-0.3, -0.25) is 19.3 Å². The molecule has 0 aromatic heterocycles. The average molecular weight is 400 g/mol. The Morgan fingerprint density at radius 3 is 2.48 bits per heavy atom. The first-order valence-electron chi connectivity index (χ1n) is 9.25. The number of fused-ring (bicyclic) bond motifs is 1. The highest BCUT2D eigenvalue weighted by Gasteiger charge is 2.50. The number of methoxy groups -OCH3 is 1. The summed E-state index contributed by atoms with van der Waals surface area (Å²) in [5.41, 5.74) is 0.751. The van der Waals surface area contributed by atoms with Crippen molar-refractivity contribution in [1.82, 2.24) is 20.0 Å². The van der Waals surface area contributed by atoms with Crippen LogP contribution in [0.4, 0.5) is 4.79 Å². The highest BCUT2D eigenvalue weighted by atomic mass is 16.5. The van der Waals surface area contributed by atoms with E-state index in [9.17, 15) is 19.2 Å². The molecule has 0 spiro atoms. The molecule has 0 aliphatic carbocycles.